The third-order valence-corrected chi connectivity index (χ3v) is 9.29. The summed E-state index contributed by atoms with van der Waals surface area (Å²) in [6, 6.07) is 17.4. The van der Waals surface area contributed by atoms with Crippen LogP contribution < -0.4 is 15.2 Å². The van der Waals surface area contributed by atoms with E-state index in [2.05, 4.69) is 5.32 Å². The summed E-state index contributed by atoms with van der Waals surface area (Å²) in [4.78, 5) is 26.7. The van der Waals surface area contributed by atoms with Gasteiger partial charge in [0.25, 0.3) is 11.5 Å². The summed E-state index contributed by atoms with van der Waals surface area (Å²) in [6.45, 7) is 1.96. The van der Waals surface area contributed by atoms with Crippen LogP contribution in [0.1, 0.15) is 32.6 Å². The largest absolute Gasteiger partial charge is 0.455 e. The molecule has 2 aromatic heterocycles. The SMILES string of the molecule is CNC(=O)c1c(-c2ccc(C)cc2)oc2cc(N(C)S(C)(=O)=O)c(-c3cc(C4=Cc5c(F)cccc5C4)c(=O)n(C)c3)cc12. The quantitative estimate of drug-likeness (QED) is 0.263. The minimum absolute atomic E-state index is 0.275. The lowest BCUT2D eigenvalue weighted by molar-refractivity contribution is 0.0964. The van der Waals surface area contributed by atoms with E-state index in [1.54, 1.807) is 43.6 Å². The van der Waals surface area contributed by atoms with Gasteiger partial charge in [0, 0.05) is 66.6 Å². The standard InChI is InChI=1S/C34H30FN3O5S/c1-19-9-11-20(12-10-19)32-31(33(39)36-2)27-16-25(29(17-30(27)43-32)38(4)44(5,41)42)23-15-26(34(40)37(3)18-23)22-13-21-7-6-8-28(35)24(21)14-22/h6-12,14-18H,13H2,1-5H3,(H,36,39). The first-order chi connectivity index (χ1) is 20.9. The van der Waals surface area contributed by atoms with Crippen molar-refractivity contribution in [3.05, 3.63) is 111 Å². The van der Waals surface area contributed by atoms with Crippen molar-refractivity contribution in [2.45, 2.75) is 13.3 Å². The molecule has 3 aromatic carbocycles. The lowest BCUT2D eigenvalue weighted by Gasteiger charge is -2.21. The van der Waals surface area contributed by atoms with Crippen LogP contribution in [-0.2, 0) is 23.5 Å². The Kier molecular flexibility index (Phi) is 7.04. The van der Waals surface area contributed by atoms with Crippen LogP contribution in [0.15, 0.2) is 76.1 Å². The van der Waals surface area contributed by atoms with Gasteiger partial charge in [-0.3, -0.25) is 13.9 Å². The first-order valence-electron chi connectivity index (χ1n) is 13.9. The molecule has 0 bridgehead atoms. The highest BCUT2D eigenvalue weighted by Gasteiger charge is 2.27. The topological polar surface area (TPSA) is 102 Å². The summed E-state index contributed by atoms with van der Waals surface area (Å²) in [6.07, 6.45) is 4.78. The van der Waals surface area contributed by atoms with E-state index in [0.29, 0.717) is 67.8 Å². The van der Waals surface area contributed by atoms with Crippen LogP contribution in [0.4, 0.5) is 10.1 Å². The number of nitrogens with zero attached hydrogens (tertiary/aromatic N) is 2. The van der Waals surface area contributed by atoms with Crippen molar-refractivity contribution in [2.24, 2.45) is 7.05 Å². The normalized spacial score (nSPS) is 12.7. The monoisotopic (exact) mass is 611 g/mol. The molecule has 0 unspecified atom stereocenters. The highest BCUT2D eigenvalue weighted by atomic mass is 32.2. The van der Waals surface area contributed by atoms with Crippen molar-refractivity contribution in [3.8, 4) is 22.5 Å². The third kappa shape index (κ3) is 4.90. The van der Waals surface area contributed by atoms with Crippen LogP contribution in [0.25, 0.3) is 45.1 Å². The summed E-state index contributed by atoms with van der Waals surface area (Å²) < 4.78 is 49.0. The molecule has 44 heavy (non-hydrogen) atoms. The highest BCUT2D eigenvalue weighted by molar-refractivity contribution is 7.92. The minimum Gasteiger partial charge on any atom is -0.455 e. The number of aryl methyl sites for hydroxylation is 2. The van der Waals surface area contributed by atoms with Crippen molar-refractivity contribution in [1.82, 2.24) is 9.88 Å². The molecule has 0 aliphatic heterocycles. The predicted octanol–water partition coefficient (Wildman–Crippen LogP) is 5.77. The van der Waals surface area contributed by atoms with Crippen molar-refractivity contribution < 1.29 is 22.0 Å². The number of aromatic nitrogens is 1. The number of hydrogen-bond acceptors (Lipinski definition) is 5. The Hall–Kier alpha value is -4.96. The molecule has 0 saturated heterocycles. The van der Waals surface area contributed by atoms with E-state index in [1.807, 2.05) is 37.3 Å². The minimum atomic E-state index is -3.73. The van der Waals surface area contributed by atoms with Gasteiger partial charge in [0.1, 0.15) is 17.2 Å². The molecule has 1 aliphatic carbocycles. The maximum absolute atomic E-state index is 14.6. The average Bonchev–Trinajstić information content (AvgIpc) is 3.59. The second-order valence-corrected chi connectivity index (χ2v) is 13.1. The van der Waals surface area contributed by atoms with E-state index in [0.717, 1.165) is 21.7 Å². The fourth-order valence-electron chi connectivity index (χ4n) is 5.65. The Morgan fingerprint density at radius 2 is 1.77 bits per heavy atom. The number of sulfonamides is 1. The lowest BCUT2D eigenvalue weighted by Crippen LogP contribution is -2.26. The van der Waals surface area contributed by atoms with Gasteiger partial charge < -0.3 is 14.3 Å². The zero-order chi connectivity index (χ0) is 31.5. The van der Waals surface area contributed by atoms with E-state index < -0.39 is 10.0 Å². The van der Waals surface area contributed by atoms with Gasteiger partial charge in [-0.25, -0.2) is 12.8 Å². The van der Waals surface area contributed by atoms with Gasteiger partial charge in [-0.1, -0.05) is 42.0 Å². The molecule has 2 heterocycles. The molecule has 0 spiro atoms. The van der Waals surface area contributed by atoms with Crippen LogP contribution >= 0.6 is 0 Å². The number of halogens is 1. The number of hydrogen-bond donors (Lipinski definition) is 1. The van der Waals surface area contributed by atoms with Gasteiger partial charge in [0.15, 0.2) is 0 Å². The maximum atomic E-state index is 14.6. The second kappa shape index (κ2) is 10.6. The summed E-state index contributed by atoms with van der Waals surface area (Å²) in [7, 11) is 0.847. The Morgan fingerprint density at radius 1 is 1.05 bits per heavy atom. The van der Waals surface area contributed by atoms with E-state index in [4.69, 9.17) is 4.42 Å². The van der Waals surface area contributed by atoms with Gasteiger partial charge in [0.05, 0.1) is 17.5 Å². The Balaban J connectivity index is 1.63. The van der Waals surface area contributed by atoms with Crippen LogP contribution in [0.3, 0.4) is 0 Å². The van der Waals surface area contributed by atoms with Crippen molar-refractivity contribution in [2.75, 3.05) is 24.7 Å². The smallest absolute Gasteiger partial charge is 0.257 e. The molecule has 8 nitrogen and oxygen atoms in total. The number of anilines is 1. The number of amides is 1. The number of carbonyl (C=O) groups is 1. The van der Waals surface area contributed by atoms with E-state index >= 15 is 0 Å². The third-order valence-electron chi connectivity index (χ3n) is 8.09. The number of pyridine rings is 1. The number of allylic oxidation sites excluding steroid dienone is 1. The highest BCUT2D eigenvalue weighted by Crippen LogP contribution is 2.42. The molecule has 5 aromatic rings. The molecule has 0 saturated carbocycles. The maximum Gasteiger partial charge on any atom is 0.257 e. The first kappa shape index (κ1) is 29.1. The number of rotatable bonds is 6. The van der Waals surface area contributed by atoms with E-state index in [-0.39, 0.29) is 17.3 Å². The van der Waals surface area contributed by atoms with Crippen molar-refractivity contribution >= 4 is 44.2 Å². The summed E-state index contributed by atoms with van der Waals surface area (Å²) in [5.74, 6) is -0.382. The fourth-order valence-corrected chi connectivity index (χ4v) is 6.16. The van der Waals surface area contributed by atoms with E-state index in [9.17, 15) is 22.4 Å². The zero-order valence-corrected chi connectivity index (χ0v) is 25.7. The molecule has 0 atom stereocenters. The van der Waals surface area contributed by atoms with Gasteiger partial charge >= 0.3 is 0 Å². The zero-order valence-electron chi connectivity index (χ0n) is 24.9. The molecule has 0 radical (unpaired) electrons. The van der Waals surface area contributed by atoms with E-state index in [1.165, 1.54) is 24.7 Å². The summed E-state index contributed by atoms with van der Waals surface area (Å²) >= 11 is 0. The Labute approximate surface area is 254 Å². The molecule has 6 rings (SSSR count). The van der Waals surface area contributed by atoms with Gasteiger partial charge in [-0.05, 0) is 48.8 Å². The summed E-state index contributed by atoms with van der Waals surface area (Å²) in [5.41, 5.74) is 5.63. The molecule has 1 N–H and O–H groups in total. The van der Waals surface area contributed by atoms with Crippen LogP contribution in [0, 0.1) is 12.7 Å². The molecule has 224 valence electrons. The number of fused-ring (bicyclic) bond motifs is 2. The van der Waals surface area contributed by atoms with Crippen LogP contribution in [0.5, 0.6) is 0 Å². The van der Waals surface area contributed by atoms with Gasteiger partial charge in [-0.15, -0.1) is 0 Å². The predicted molar refractivity (Wildman–Crippen MR) is 172 cm³/mol. The molecule has 1 amide bonds. The van der Waals surface area contributed by atoms with Crippen molar-refractivity contribution in [1.29, 1.82) is 0 Å². The molecule has 0 fully saturated rings. The molecule has 10 heteroatoms. The number of carbonyl (C=O) groups excluding carboxylic acids is 1. The number of nitrogens with one attached hydrogen (secondary N) is 1. The molecule has 1 aliphatic rings. The lowest BCUT2D eigenvalue weighted by atomic mass is 9.96. The molecular formula is C34H30FN3O5S. The van der Waals surface area contributed by atoms with Crippen LogP contribution in [0.2, 0.25) is 0 Å². The average molecular weight is 612 g/mol. The van der Waals surface area contributed by atoms with Gasteiger partial charge in [-0.2, -0.15) is 0 Å². The van der Waals surface area contributed by atoms with Crippen LogP contribution in [-0.4, -0.2) is 39.2 Å². The second-order valence-electron chi connectivity index (χ2n) is 11.1. The first-order valence-corrected chi connectivity index (χ1v) is 15.7. The Bertz CT molecular complexity index is 2200. The van der Waals surface area contributed by atoms with Crippen molar-refractivity contribution in [3.63, 3.8) is 0 Å². The Morgan fingerprint density at radius 3 is 2.43 bits per heavy atom. The molecular weight excluding hydrogens is 581 g/mol. The van der Waals surface area contributed by atoms with Gasteiger partial charge in [0.2, 0.25) is 10.0 Å². The fraction of sp³-hybridized carbons (Fsp3) is 0.176. The number of benzene rings is 3. The number of furan rings is 1. The summed E-state index contributed by atoms with van der Waals surface area (Å²) in [5, 5.41) is 3.17.